The molecule has 108 valence electrons. The van der Waals surface area contributed by atoms with E-state index in [0.717, 1.165) is 16.5 Å². The molecule has 1 aromatic heterocycles. The molecule has 2 rings (SSSR count). The average molecular weight is 283 g/mol. The number of methoxy groups -OCH3 is 2. The van der Waals surface area contributed by atoms with Crippen LogP contribution in [-0.4, -0.2) is 38.2 Å². The Morgan fingerprint density at radius 2 is 1.86 bits per heavy atom. The minimum absolute atomic E-state index is 0.521. The number of nitriles is 1. The van der Waals surface area contributed by atoms with Gasteiger partial charge in [-0.1, -0.05) is 0 Å². The number of benzene rings is 1. The molecule has 0 atom stereocenters. The summed E-state index contributed by atoms with van der Waals surface area (Å²) in [5.41, 5.74) is 2.09. The van der Waals surface area contributed by atoms with Crippen molar-refractivity contribution in [3.05, 3.63) is 35.7 Å². The number of hydrogen-bond donors (Lipinski definition) is 0. The highest BCUT2D eigenvalue weighted by Crippen LogP contribution is 2.34. The van der Waals surface area contributed by atoms with E-state index in [1.54, 1.807) is 20.4 Å². The van der Waals surface area contributed by atoms with Gasteiger partial charge in [0, 0.05) is 37.3 Å². The average Bonchev–Trinajstić information content (AvgIpc) is 2.50. The van der Waals surface area contributed by atoms with E-state index in [0.29, 0.717) is 17.1 Å². The summed E-state index contributed by atoms with van der Waals surface area (Å²) in [5.74, 6) is 1.23. The molecule has 2 aromatic rings. The molecule has 0 saturated carbocycles. The maximum Gasteiger partial charge on any atom is 0.162 e. The molecule has 0 aliphatic rings. The Hall–Kier alpha value is -2.74. The van der Waals surface area contributed by atoms with Crippen molar-refractivity contribution in [1.82, 2.24) is 9.88 Å². The molecule has 21 heavy (non-hydrogen) atoms. The first-order valence-electron chi connectivity index (χ1n) is 6.40. The van der Waals surface area contributed by atoms with Crippen LogP contribution in [-0.2, 0) is 0 Å². The van der Waals surface area contributed by atoms with Gasteiger partial charge in [-0.15, -0.1) is 0 Å². The van der Waals surface area contributed by atoms with Crippen molar-refractivity contribution in [2.75, 3.05) is 28.3 Å². The highest BCUT2D eigenvalue weighted by atomic mass is 16.5. The van der Waals surface area contributed by atoms with E-state index < -0.39 is 0 Å². The van der Waals surface area contributed by atoms with Crippen molar-refractivity contribution in [2.24, 2.45) is 0 Å². The van der Waals surface area contributed by atoms with Gasteiger partial charge in [-0.3, -0.25) is 4.98 Å². The first kappa shape index (κ1) is 14.7. The van der Waals surface area contributed by atoms with E-state index in [-0.39, 0.29) is 0 Å². The van der Waals surface area contributed by atoms with Crippen molar-refractivity contribution >= 4 is 17.0 Å². The minimum atomic E-state index is 0.521. The number of nitrogens with zero attached hydrogens (tertiary/aromatic N) is 3. The first-order valence-corrected chi connectivity index (χ1v) is 6.40. The van der Waals surface area contributed by atoms with Gasteiger partial charge in [0.05, 0.1) is 25.3 Å². The van der Waals surface area contributed by atoms with Crippen LogP contribution in [0.5, 0.6) is 11.5 Å². The van der Waals surface area contributed by atoms with Gasteiger partial charge in [-0.2, -0.15) is 5.26 Å². The summed E-state index contributed by atoms with van der Waals surface area (Å²) in [7, 11) is 7.02. The van der Waals surface area contributed by atoms with Crippen LogP contribution in [0.1, 0.15) is 11.1 Å². The van der Waals surface area contributed by atoms with E-state index in [1.807, 2.05) is 43.4 Å². The number of rotatable bonds is 4. The normalized spacial score (nSPS) is 10.6. The Morgan fingerprint density at radius 3 is 2.43 bits per heavy atom. The molecule has 1 heterocycles. The Morgan fingerprint density at radius 1 is 1.19 bits per heavy atom. The van der Waals surface area contributed by atoms with Crippen LogP contribution in [0.15, 0.2) is 24.5 Å². The third-order valence-electron chi connectivity index (χ3n) is 3.07. The van der Waals surface area contributed by atoms with E-state index >= 15 is 0 Å². The Bertz CT molecular complexity index is 730. The van der Waals surface area contributed by atoms with Gasteiger partial charge in [0.15, 0.2) is 11.5 Å². The first-order chi connectivity index (χ1) is 10.1. The second-order valence-electron chi connectivity index (χ2n) is 4.70. The van der Waals surface area contributed by atoms with Crippen molar-refractivity contribution in [3.63, 3.8) is 0 Å². The van der Waals surface area contributed by atoms with E-state index in [2.05, 4.69) is 11.1 Å². The van der Waals surface area contributed by atoms with E-state index in [9.17, 15) is 5.26 Å². The van der Waals surface area contributed by atoms with E-state index in [4.69, 9.17) is 9.47 Å². The molecule has 0 aliphatic heterocycles. The molecule has 0 radical (unpaired) electrons. The van der Waals surface area contributed by atoms with Gasteiger partial charge >= 0.3 is 0 Å². The lowest BCUT2D eigenvalue weighted by atomic mass is 10.0. The number of hydrogen-bond acceptors (Lipinski definition) is 5. The fourth-order valence-electron chi connectivity index (χ4n) is 2.03. The molecule has 0 saturated heterocycles. The minimum Gasteiger partial charge on any atom is -0.493 e. The fourth-order valence-corrected chi connectivity index (χ4v) is 2.03. The zero-order valence-corrected chi connectivity index (χ0v) is 12.5. The zero-order chi connectivity index (χ0) is 15.4. The third kappa shape index (κ3) is 2.90. The monoisotopic (exact) mass is 283 g/mol. The Balaban J connectivity index is 2.76. The predicted molar refractivity (Wildman–Crippen MR) is 82.3 cm³/mol. The van der Waals surface area contributed by atoms with Crippen LogP contribution in [0.25, 0.3) is 17.0 Å². The van der Waals surface area contributed by atoms with Crippen LogP contribution in [0.2, 0.25) is 0 Å². The maximum absolute atomic E-state index is 9.28. The van der Waals surface area contributed by atoms with Crippen LogP contribution >= 0.6 is 0 Å². The van der Waals surface area contributed by atoms with Gasteiger partial charge in [0.1, 0.15) is 6.07 Å². The number of aromatic nitrogens is 1. The lowest BCUT2D eigenvalue weighted by Gasteiger charge is -2.11. The van der Waals surface area contributed by atoms with Crippen LogP contribution in [0.4, 0.5) is 0 Å². The summed E-state index contributed by atoms with van der Waals surface area (Å²) < 4.78 is 10.6. The SMILES string of the molecule is COc1cc2ncc(C#N)c(/C=C/N(C)C)c2cc1OC. The van der Waals surface area contributed by atoms with Crippen molar-refractivity contribution in [3.8, 4) is 17.6 Å². The van der Waals surface area contributed by atoms with Crippen molar-refractivity contribution in [1.29, 1.82) is 5.26 Å². The third-order valence-corrected chi connectivity index (χ3v) is 3.07. The summed E-state index contributed by atoms with van der Waals surface area (Å²) in [5, 5.41) is 10.1. The molecule has 5 nitrogen and oxygen atoms in total. The standard InChI is InChI=1S/C16H17N3O2/c1-19(2)6-5-12-11(9-17)10-18-14-8-16(21-4)15(20-3)7-13(12)14/h5-8,10H,1-4H3/b6-5+. The smallest absolute Gasteiger partial charge is 0.162 e. The largest absolute Gasteiger partial charge is 0.493 e. The van der Waals surface area contributed by atoms with Crippen LogP contribution in [0, 0.1) is 11.3 Å². The molecule has 1 aromatic carbocycles. The molecule has 0 fully saturated rings. The van der Waals surface area contributed by atoms with Crippen LogP contribution < -0.4 is 9.47 Å². The molecule has 0 bridgehead atoms. The molecule has 0 N–H and O–H groups in total. The predicted octanol–water partition coefficient (Wildman–Crippen LogP) is 2.66. The lowest BCUT2D eigenvalue weighted by Crippen LogP contribution is -2.00. The number of fused-ring (bicyclic) bond motifs is 1. The summed E-state index contributed by atoms with van der Waals surface area (Å²) in [6.45, 7) is 0. The highest BCUT2D eigenvalue weighted by Gasteiger charge is 2.12. The van der Waals surface area contributed by atoms with E-state index in [1.165, 1.54) is 0 Å². The number of ether oxygens (including phenoxy) is 2. The zero-order valence-electron chi connectivity index (χ0n) is 12.5. The number of pyridine rings is 1. The second-order valence-corrected chi connectivity index (χ2v) is 4.70. The quantitative estimate of drug-likeness (QED) is 0.863. The summed E-state index contributed by atoms with van der Waals surface area (Å²) in [6.07, 6.45) is 5.37. The molecule has 0 unspecified atom stereocenters. The molecular weight excluding hydrogens is 266 g/mol. The summed E-state index contributed by atoms with van der Waals surface area (Å²) >= 11 is 0. The topological polar surface area (TPSA) is 58.4 Å². The fraction of sp³-hybridized carbons (Fsp3) is 0.250. The Labute approximate surface area is 124 Å². The van der Waals surface area contributed by atoms with Crippen molar-refractivity contribution < 1.29 is 9.47 Å². The molecule has 0 spiro atoms. The molecule has 5 heteroatoms. The Kier molecular flexibility index (Phi) is 4.29. The van der Waals surface area contributed by atoms with Crippen LogP contribution in [0.3, 0.4) is 0 Å². The van der Waals surface area contributed by atoms with Gasteiger partial charge in [-0.05, 0) is 18.3 Å². The molecule has 0 aliphatic carbocycles. The van der Waals surface area contributed by atoms with Gasteiger partial charge in [-0.25, -0.2) is 0 Å². The lowest BCUT2D eigenvalue weighted by molar-refractivity contribution is 0.356. The summed E-state index contributed by atoms with van der Waals surface area (Å²) in [6, 6.07) is 5.83. The second kappa shape index (κ2) is 6.14. The maximum atomic E-state index is 9.28. The molecular formula is C16H17N3O2. The van der Waals surface area contributed by atoms with Crippen molar-refractivity contribution in [2.45, 2.75) is 0 Å². The van der Waals surface area contributed by atoms with Gasteiger partial charge < -0.3 is 14.4 Å². The summed E-state index contributed by atoms with van der Waals surface area (Å²) in [4.78, 5) is 6.23. The van der Waals surface area contributed by atoms with Gasteiger partial charge in [0.25, 0.3) is 0 Å². The van der Waals surface area contributed by atoms with Gasteiger partial charge in [0.2, 0.25) is 0 Å². The molecule has 0 amide bonds. The highest BCUT2D eigenvalue weighted by molar-refractivity contribution is 5.92.